The lowest BCUT2D eigenvalue weighted by atomic mass is 10.3. The fraction of sp³-hybridized carbons (Fsp3) is 0.538. The molecule has 0 N–H and O–H groups in total. The van der Waals surface area contributed by atoms with Crippen LogP contribution in [0.3, 0.4) is 0 Å². The maximum Gasteiger partial charge on any atom is 0.223 e. The minimum Gasteiger partial charge on any atom is -0.304 e. The van der Waals surface area contributed by atoms with Gasteiger partial charge < -0.3 is 4.90 Å². The van der Waals surface area contributed by atoms with E-state index in [1.165, 1.54) is 0 Å². The summed E-state index contributed by atoms with van der Waals surface area (Å²) in [6, 6.07) is 3.80. The molecule has 0 unspecified atom stereocenters. The number of hydrogen-bond acceptors (Lipinski definition) is 5. The van der Waals surface area contributed by atoms with Gasteiger partial charge >= 0.3 is 0 Å². The molecular weight excluding hydrogens is 320 g/mol. The number of hydrogen-bond donors (Lipinski definition) is 0. The van der Waals surface area contributed by atoms with Crippen LogP contribution in [0.15, 0.2) is 22.8 Å². The van der Waals surface area contributed by atoms with Crippen LogP contribution in [0.4, 0.5) is 0 Å². The number of aromatic nitrogens is 5. The molecule has 0 atom stereocenters. The van der Waals surface area contributed by atoms with Gasteiger partial charge in [-0.25, -0.2) is 0 Å². The van der Waals surface area contributed by atoms with Crippen molar-refractivity contribution in [2.45, 2.75) is 26.8 Å². The van der Waals surface area contributed by atoms with Gasteiger partial charge in [-0.3, -0.25) is 4.98 Å². The Kier molecular flexibility index (Phi) is 5.60. The Balaban J connectivity index is 1.90. The lowest BCUT2D eigenvalue weighted by molar-refractivity contribution is 0.287. The van der Waals surface area contributed by atoms with E-state index in [0.717, 1.165) is 42.8 Å². The number of rotatable bonds is 7. The maximum atomic E-state index is 4.36. The van der Waals surface area contributed by atoms with Gasteiger partial charge in [0, 0.05) is 10.7 Å². The average Bonchev–Trinajstić information content (AvgIpc) is 2.93. The van der Waals surface area contributed by atoms with E-state index in [0.29, 0.717) is 5.82 Å². The molecule has 0 saturated heterocycles. The SMILES string of the molecule is CCN(CC)CCCn1nnc(-c2ccc(Br)cn2)n1. The first-order chi connectivity index (χ1) is 9.72. The van der Waals surface area contributed by atoms with Crippen molar-refractivity contribution >= 4 is 15.9 Å². The third-order valence-electron chi connectivity index (χ3n) is 3.14. The maximum absolute atomic E-state index is 4.36. The predicted molar refractivity (Wildman–Crippen MR) is 81.2 cm³/mol. The zero-order chi connectivity index (χ0) is 14.4. The third kappa shape index (κ3) is 4.08. The fourth-order valence-corrected chi connectivity index (χ4v) is 2.16. The molecule has 20 heavy (non-hydrogen) atoms. The monoisotopic (exact) mass is 338 g/mol. The van der Waals surface area contributed by atoms with Gasteiger partial charge in [-0.15, -0.1) is 10.2 Å². The zero-order valence-corrected chi connectivity index (χ0v) is 13.4. The number of nitrogens with zero attached hydrogens (tertiary/aromatic N) is 6. The summed E-state index contributed by atoms with van der Waals surface area (Å²) in [7, 11) is 0. The first-order valence-corrected chi connectivity index (χ1v) is 7.64. The van der Waals surface area contributed by atoms with Crippen LogP contribution in [0.5, 0.6) is 0 Å². The molecule has 0 aliphatic carbocycles. The van der Waals surface area contributed by atoms with Crippen LogP contribution >= 0.6 is 15.9 Å². The Morgan fingerprint density at radius 2 is 2.05 bits per heavy atom. The van der Waals surface area contributed by atoms with Crippen LogP contribution in [0.2, 0.25) is 0 Å². The van der Waals surface area contributed by atoms with Crippen molar-refractivity contribution in [1.29, 1.82) is 0 Å². The largest absolute Gasteiger partial charge is 0.304 e. The quantitative estimate of drug-likeness (QED) is 0.774. The average molecular weight is 339 g/mol. The minimum atomic E-state index is 0.570. The Morgan fingerprint density at radius 3 is 2.70 bits per heavy atom. The highest BCUT2D eigenvalue weighted by Gasteiger charge is 2.07. The Morgan fingerprint density at radius 1 is 1.25 bits per heavy atom. The van der Waals surface area contributed by atoms with Crippen molar-refractivity contribution in [3.05, 3.63) is 22.8 Å². The fourth-order valence-electron chi connectivity index (χ4n) is 1.92. The summed E-state index contributed by atoms with van der Waals surface area (Å²) in [5, 5.41) is 12.5. The normalized spacial score (nSPS) is 11.2. The number of tetrazole rings is 1. The number of pyridine rings is 1. The summed E-state index contributed by atoms with van der Waals surface area (Å²) in [6.45, 7) is 8.34. The van der Waals surface area contributed by atoms with E-state index in [1.807, 2.05) is 12.1 Å². The molecule has 7 heteroatoms. The Hall–Kier alpha value is -1.34. The van der Waals surface area contributed by atoms with E-state index in [1.54, 1.807) is 11.0 Å². The smallest absolute Gasteiger partial charge is 0.223 e. The molecule has 0 spiro atoms. The van der Waals surface area contributed by atoms with Crippen molar-refractivity contribution in [3.8, 4) is 11.5 Å². The standard InChI is InChI=1S/C13H19BrN6/c1-3-19(4-2)8-5-9-20-17-13(16-18-20)12-7-6-11(14)10-15-12/h6-7,10H,3-5,8-9H2,1-2H3. The van der Waals surface area contributed by atoms with Gasteiger partial charge in [0.15, 0.2) is 0 Å². The number of aryl methyl sites for hydroxylation is 1. The van der Waals surface area contributed by atoms with E-state index >= 15 is 0 Å². The van der Waals surface area contributed by atoms with Crippen molar-refractivity contribution in [2.75, 3.05) is 19.6 Å². The van der Waals surface area contributed by atoms with Gasteiger partial charge in [-0.05, 0) is 59.3 Å². The van der Waals surface area contributed by atoms with Gasteiger partial charge in [0.05, 0.1) is 6.54 Å². The molecule has 0 bridgehead atoms. The van der Waals surface area contributed by atoms with Crippen LogP contribution in [-0.4, -0.2) is 49.7 Å². The van der Waals surface area contributed by atoms with Gasteiger partial charge in [0.2, 0.25) is 5.82 Å². The highest BCUT2D eigenvalue weighted by Crippen LogP contribution is 2.13. The highest BCUT2D eigenvalue weighted by atomic mass is 79.9. The second-order valence-corrected chi connectivity index (χ2v) is 5.37. The number of halogens is 1. The molecule has 108 valence electrons. The van der Waals surface area contributed by atoms with Crippen molar-refractivity contribution in [2.24, 2.45) is 0 Å². The summed E-state index contributed by atoms with van der Waals surface area (Å²) in [6.07, 6.45) is 2.75. The van der Waals surface area contributed by atoms with Crippen LogP contribution in [0.25, 0.3) is 11.5 Å². The lowest BCUT2D eigenvalue weighted by Gasteiger charge is -2.16. The molecule has 0 saturated carbocycles. The van der Waals surface area contributed by atoms with Gasteiger partial charge in [-0.2, -0.15) is 4.80 Å². The molecular formula is C13H19BrN6. The molecule has 0 aliphatic rings. The Labute approximate surface area is 127 Å². The molecule has 2 aromatic heterocycles. The van der Waals surface area contributed by atoms with E-state index < -0.39 is 0 Å². The van der Waals surface area contributed by atoms with Gasteiger partial charge in [0.1, 0.15) is 5.69 Å². The van der Waals surface area contributed by atoms with E-state index in [9.17, 15) is 0 Å². The highest BCUT2D eigenvalue weighted by molar-refractivity contribution is 9.10. The van der Waals surface area contributed by atoms with Crippen LogP contribution in [0, 0.1) is 0 Å². The summed E-state index contributed by atoms with van der Waals surface area (Å²) in [5.74, 6) is 0.570. The van der Waals surface area contributed by atoms with Crippen molar-refractivity contribution < 1.29 is 0 Å². The molecule has 0 aliphatic heterocycles. The lowest BCUT2D eigenvalue weighted by Crippen LogP contribution is -2.25. The van der Waals surface area contributed by atoms with E-state index in [2.05, 4.69) is 55.1 Å². The second-order valence-electron chi connectivity index (χ2n) is 4.45. The zero-order valence-electron chi connectivity index (χ0n) is 11.8. The summed E-state index contributed by atoms with van der Waals surface area (Å²) in [5.41, 5.74) is 0.739. The van der Waals surface area contributed by atoms with Gasteiger partial charge in [-0.1, -0.05) is 13.8 Å². The van der Waals surface area contributed by atoms with E-state index in [-0.39, 0.29) is 0 Å². The van der Waals surface area contributed by atoms with Crippen LogP contribution in [-0.2, 0) is 6.54 Å². The Bertz CT molecular complexity index is 520. The first-order valence-electron chi connectivity index (χ1n) is 6.85. The summed E-state index contributed by atoms with van der Waals surface area (Å²) in [4.78, 5) is 8.29. The summed E-state index contributed by atoms with van der Waals surface area (Å²) >= 11 is 3.36. The second kappa shape index (κ2) is 7.44. The molecule has 0 aromatic carbocycles. The molecule has 0 amide bonds. The van der Waals surface area contributed by atoms with Crippen LogP contribution < -0.4 is 0 Å². The van der Waals surface area contributed by atoms with Crippen molar-refractivity contribution in [1.82, 2.24) is 30.1 Å². The third-order valence-corrected chi connectivity index (χ3v) is 3.61. The molecule has 2 heterocycles. The minimum absolute atomic E-state index is 0.570. The first kappa shape index (κ1) is 15.1. The summed E-state index contributed by atoms with van der Waals surface area (Å²) < 4.78 is 0.938. The van der Waals surface area contributed by atoms with E-state index in [4.69, 9.17) is 0 Å². The topological polar surface area (TPSA) is 59.7 Å². The molecule has 6 nitrogen and oxygen atoms in total. The molecule has 0 fully saturated rings. The molecule has 2 rings (SSSR count). The van der Waals surface area contributed by atoms with Crippen LogP contribution in [0.1, 0.15) is 20.3 Å². The molecule has 2 aromatic rings. The van der Waals surface area contributed by atoms with Gasteiger partial charge in [0.25, 0.3) is 0 Å². The van der Waals surface area contributed by atoms with Crippen molar-refractivity contribution in [3.63, 3.8) is 0 Å². The predicted octanol–water partition coefficient (Wildman–Crippen LogP) is 2.23. The molecule has 0 radical (unpaired) electrons.